The molecule has 0 saturated heterocycles. The number of hydrogen-bond acceptors (Lipinski definition) is 6. The van der Waals surface area contributed by atoms with Gasteiger partial charge in [0.2, 0.25) is 0 Å². The van der Waals surface area contributed by atoms with Gasteiger partial charge in [0.1, 0.15) is 0 Å². The van der Waals surface area contributed by atoms with Crippen LogP contribution >= 0.6 is 0 Å². The molecular formula is C20H24N4O5S. The lowest BCUT2D eigenvalue weighted by atomic mass is 9.99. The van der Waals surface area contributed by atoms with E-state index in [1.807, 2.05) is 13.8 Å². The molecule has 3 heterocycles. The summed E-state index contributed by atoms with van der Waals surface area (Å²) in [7, 11) is -3.32. The van der Waals surface area contributed by atoms with Crippen molar-refractivity contribution in [2.45, 2.75) is 44.8 Å². The summed E-state index contributed by atoms with van der Waals surface area (Å²) in [6.45, 7) is 5.74. The number of nitrogens with one attached hydrogen (secondary N) is 1. The van der Waals surface area contributed by atoms with E-state index in [0.29, 0.717) is 17.0 Å². The molecule has 10 heteroatoms. The number of aromatic nitrogens is 2. The molecule has 0 saturated carbocycles. The van der Waals surface area contributed by atoms with Gasteiger partial charge in [-0.1, -0.05) is 20.8 Å². The third-order valence-electron chi connectivity index (χ3n) is 5.06. The Kier molecular flexibility index (Phi) is 6.06. The molecule has 1 atom stereocenters. The zero-order valence-corrected chi connectivity index (χ0v) is 17.8. The second-order valence-corrected chi connectivity index (χ2v) is 9.72. The third-order valence-corrected chi connectivity index (χ3v) is 6.78. The van der Waals surface area contributed by atoms with Crippen LogP contribution in [0, 0.1) is 5.92 Å². The Morgan fingerprint density at radius 1 is 1.27 bits per heavy atom. The van der Waals surface area contributed by atoms with Crippen molar-refractivity contribution in [3.05, 3.63) is 53.1 Å². The minimum absolute atomic E-state index is 0.00688. The largest absolute Gasteiger partial charge is 0.465 e. The molecule has 0 aromatic carbocycles. The first-order valence-electron chi connectivity index (χ1n) is 9.58. The van der Waals surface area contributed by atoms with Gasteiger partial charge in [0.25, 0.3) is 5.91 Å². The van der Waals surface area contributed by atoms with Gasteiger partial charge in [-0.05, 0) is 29.7 Å². The summed E-state index contributed by atoms with van der Waals surface area (Å²) in [5.74, 6) is -0.320. The topological polar surface area (TPSA) is 130 Å². The summed E-state index contributed by atoms with van der Waals surface area (Å²) in [4.78, 5) is 34.0. The van der Waals surface area contributed by atoms with Crippen LogP contribution in [-0.2, 0) is 22.9 Å². The van der Waals surface area contributed by atoms with Gasteiger partial charge in [-0.3, -0.25) is 19.7 Å². The first-order chi connectivity index (χ1) is 14.1. The van der Waals surface area contributed by atoms with E-state index in [4.69, 9.17) is 0 Å². The molecule has 1 aliphatic heterocycles. The van der Waals surface area contributed by atoms with Crippen molar-refractivity contribution in [2.75, 3.05) is 5.75 Å². The van der Waals surface area contributed by atoms with Crippen LogP contribution in [0.2, 0.25) is 0 Å². The van der Waals surface area contributed by atoms with E-state index in [9.17, 15) is 23.1 Å². The number of pyridine rings is 2. The Balaban J connectivity index is 1.70. The number of carbonyl (C=O) groups excluding carboxylic acids is 1. The molecule has 2 amide bonds. The summed E-state index contributed by atoms with van der Waals surface area (Å²) >= 11 is 0. The van der Waals surface area contributed by atoms with Gasteiger partial charge in [-0.15, -0.1) is 0 Å². The summed E-state index contributed by atoms with van der Waals surface area (Å²) < 4.78 is 23.7. The monoisotopic (exact) mass is 432 g/mol. The second-order valence-electron chi connectivity index (χ2n) is 7.44. The fourth-order valence-corrected chi connectivity index (χ4v) is 4.29. The molecule has 9 nitrogen and oxygen atoms in total. The van der Waals surface area contributed by atoms with E-state index >= 15 is 0 Å². The molecule has 2 N–H and O–H groups in total. The minimum Gasteiger partial charge on any atom is -0.465 e. The first kappa shape index (κ1) is 21.7. The van der Waals surface area contributed by atoms with Gasteiger partial charge in [0.15, 0.2) is 9.84 Å². The number of amides is 2. The van der Waals surface area contributed by atoms with E-state index in [1.165, 1.54) is 23.4 Å². The van der Waals surface area contributed by atoms with Crippen LogP contribution in [0.15, 0.2) is 35.5 Å². The average molecular weight is 433 g/mol. The molecule has 0 radical (unpaired) electrons. The molecule has 30 heavy (non-hydrogen) atoms. The van der Waals surface area contributed by atoms with E-state index in [0.717, 1.165) is 5.56 Å². The second kappa shape index (κ2) is 8.39. The molecule has 0 aliphatic carbocycles. The Bertz CT molecular complexity index is 1070. The predicted molar refractivity (Wildman–Crippen MR) is 109 cm³/mol. The highest BCUT2D eigenvalue weighted by Gasteiger charge is 2.37. The lowest BCUT2D eigenvalue weighted by molar-refractivity contribution is 0.0949. The fourth-order valence-electron chi connectivity index (χ4n) is 3.47. The standard InChI is InChI=1S/C20H24N4O5S/c1-4-30(28,29)16-6-5-15(21-10-16)9-23-19(25)13-7-14-11-24(20(26)27)18(12(2)3)17(14)22-8-13/h5-8,10,12,18H,4,9,11H2,1-3H3,(H,23,25)(H,26,27). The molecular weight excluding hydrogens is 408 g/mol. The van der Waals surface area contributed by atoms with Gasteiger partial charge >= 0.3 is 6.09 Å². The maximum absolute atomic E-state index is 12.5. The van der Waals surface area contributed by atoms with Crippen molar-refractivity contribution in [2.24, 2.45) is 5.92 Å². The molecule has 0 spiro atoms. The van der Waals surface area contributed by atoms with Crippen LogP contribution in [0.1, 0.15) is 54.1 Å². The number of nitrogens with zero attached hydrogens (tertiary/aromatic N) is 3. The summed E-state index contributed by atoms with van der Waals surface area (Å²) in [5, 5.41) is 12.2. The Morgan fingerprint density at radius 2 is 2.00 bits per heavy atom. The summed E-state index contributed by atoms with van der Waals surface area (Å²) in [6.07, 6.45) is 1.71. The van der Waals surface area contributed by atoms with Crippen molar-refractivity contribution in [1.82, 2.24) is 20.2 Å². The van der Waals surface area contributed by atoms with Crippen molar-refractivity contribution >= 4 is 21.8 Å². The maximum atomic E-state index is 12.5. The zero-order chi connectivity index (χ0) is 22.1. The fraction of sp³-hybridized carbons (Fsp3) is 0.400. The SMILES string of the molecule is CCS(=O)(=O)c1ccc(CNC(=O)c2cnc3c(c2)CN(C(=O)O)C3C(C)C)nc1. The Labute approximate surface area is 175 Å². The molecule has 0 bridgehead atoms. The van der Waals surface area contributed by atoms with E-state index in [1.54, 1.807) is 19.1 Å². The lowest BCUT2D eigenvalue weighted by Crippen LogP contribution is -2.30. The number of carbonyl (C=O) groups is 2. The van der Waals surface area contributed by atoms with Crippen LogP contribution in [0.25, 0.3) is 0 Å². The minimum atomic E-state index is -3.32. The van der Waals surface area contributed by atoms with Gasteiger partial charge in [-0.2, -0.15) is 0 Å². The third kappa shape index (κ3) is 4.28. The number of rotatable bonds is 6. The maximum Gasteiger partial charge on any atom is 0.408 e. The quantitative estimate of drug-likeness (QED) is 0.717. The smallest absolute Gasteiger partial charge is 0.408 e. The van der Waals surface area contributed by atoms with Crippen LogP contribution in [0.5, 0.6) is 0 Å². The Hall–Kier alpha value is -3.01. The van der Waals surface area contributed by atoms with Gasteiger partial charge in [-0.25, -0.2) is 13.2 Å². The number of hydrogen-bond donors (Lipinski definition) is 2. The summed E-state index contributed by atoms with van der Waals surface area (Å²) in [5.41, 5.74) is 2.24. The van der Waals surface area contributed by atoms with Crippen molar-refractivity contribution < 1.29 is 23.1 Å². The number of sulfone groups is 1. The van der Waals surface area contributed by atoms with E-state index < -0.39 is 15.9 Å². The molecule has 3 rings (SSSR count). The Morgan fingerprint density at radius 3 is 2.57 bits per heavy atom. The average Bonchev–Trinajstić information content (AvgIpc) is 3.11. The summed E-state index contributed by atoms with van der Waals surface area (Å²) in [6, 6.07) is 4.36. The lowest BCUT2D eigenvalue weighted by Gasteiger charge is -2.24. The highest BCUT2D eigenvalue weighted by Crippen LogP contribution is 2.37. The highest BCUT2D eigenvalue weighted by atomic mass is 32.2. The normalized spacial score (nSPS) is 15.9. The van der Waals surface area contributed by atoms with Gasteiger partial charge in [0.05, 0.1) is 46.7 Å². The van der Waals surface area contributed by atoms with Crippen LogP contribution in [0.3, 0.4) is 0 Å². The molecule has 160 valence electrons. The van der Waals surface area contributed by atoms with E-state index in [2.05, 4.69) is 15.3 Å². The van der Waals surface area contributed by atoms with Crippen LogP contribution in [-0.4, -0.2) is 46.1 Å². The first-order valence-corrected chi connectivity index (χ1v) is 11.2. The van der Waals surface area contributed by atoms with Crippen LogP contribution in [0.4, 0.5) is 4.79 Å². The predicted octanol–water partition coefficient (Wildman–Crippen LogP) is 2.39. The molecule has 0 fully saturated rings. The van der Waals surface area contributed by atoms with Crippen LogP contribution < -0.4 is 5.32 Å². The van der Waals surface area contributed by atoms with E-state index in [-0.39, 0.29) is 41.6 Å². The number of carboxylic acid groups (broad SMARTS) is 1. The van der Waals surface area contributed by atoms with Crippen molar-refractivity contribution in [3.63, 3.8) is 0 Å². The molecule has 1 unspecified atom stereocenters. The molecule has 2 aromatic rings. The number of fused-ring (bicyclic) bond motifs is 1. The van der Waals surface area contributed by atoms with Crippen molar-refractivity contribution in [3.8, 4) is 0 Å². The highest BCUT2D eigenvalue weighted by molar-refractivity contribution is 7.91. The van der Waals surface area contributed by atoms with Gasteiger partial charge in [0, 0.05) is 12.4 Å². The van der Waals surface area contributed by atoms with Gasteiger partial charge < -0.3 is 10.4 Å². The zero-order valence-electron chi connectivity index (χ0n) is 17.0. The molecule has 2 aromatic heterocycles. The van der Waals surface area contributed by atoms with Crippen molar-refractivity contribution in [1.29, 1.82) is 0 Å². The molecule has 1 aliphatic rings.